The maximum atomic E-state index is 2.34. The van der Waals surface area contributed by atoms with Gasteiger partial charge in [-0.05, 0) is 6.42 Å². The van der Waals surface area contributed by atoms with Crippen LogP contribution in [0.4, 0.5) is 0 Å². The maximum absolute atomic E-state index is 2.34. The van der Waals surface area contributed by atoms with Crippen LogP contribution in [0.25, 0.3) is 0 Å². The highest BCUT2D eigenvalue weighted by atomic mass is 16.0. The Morgan fingerprint density at radius 1 is 1.36 bits per heavy atom. The minimum atomic E-state index is 0. The van der Waals surface area contributed by atoms with Gasteiger partial charge in [0.15, 0.2) is 0 Å². The molecule has 1 heterocycles. The first kappa shape index (κ1) is 10.3. The highest BCUT2D eigenvalue weighted by Gasteiger charge is 2.05. The van der Waals surface area contributed by atoms with E-state index in [2.05, 4.69) is 36.2 Å². The third-order valence-electron chi connectivity index (χ3n) is 1.74. The Kier molecular flexibility index (Phi) is 4.70. The standard InChI is InChI=1S/C8H16N2.H2O/c1-3-4-5-10-7-6-9(2)8-10;/h6-7H,3-5,8H2,1-2H3;1H2. The molecule has 3 nitrogen and oxygen atoms in total. The van der Waals surface area contributed by atoms with Crippen LogP contribution in [0, 0.1) is 0 Å². The summed E-state index contributed by atoms with van der Waals surface area (Å²) in [6.07, 6.45) is 6.87. The number of nitrogens with zero attached hydrogens (tertiary/aromatic N) is 2. The second kappa shape index (κ2) is 5.02. The monoisotopic (exact) mass is 158 g/mol. The van der Waals surface area contributed by atoms with Gasteiger partial charge in [-0.2, -0.15) is 0 Å². The molecule has 0 aromatic rings. The van der Waals surface area contributed by atoms with Crippen molar-refractivity contribution in [1.82, 2.24) is 9.80 Å². The Bertz CT molecular complexity index is 125. The molecule has 0 atom stereocenters. The third-order valence-corrected chi connectivity index (χ3v) is 1.74. The first-order chi connectivity index (χ1) is 4.83. The molecule has 11 heavy (non-hydrogen) atoms. The third kappa shape index (κ3) is 3.28. The van der Waals surface area contributed by atoms with Crippen LogP contribution in [0.15, 0.2) is 12.4 Å². The first-order valence-corrected chi connectivity index (χ1v) is 3.95. The molecule has 1 aliphatic heterocycles. The van der Waals surface area contributed by atoms with Gasteiger partial charge >= 0.3 is 0 Å². The molecule has 0 saturated carbocycles. The molecule has 0 amide bonds. The molecule has 3 heteroatoms. The second-order valence-corrected chi connectivity index (χ2v) is 2.86. The predicted molar refractivity (Wildman–Crippen MR) is 47.0 cm³/mol. The van der Waals surface area contributed by atoms with E-state index >= 15 is 0 Å². The molecule has 0 aromatic carbocycles. The summed E-state index contributed by atoms with van der Waals surface area (Å²) in [7, 11) is 2.10. The molecule has 2 N–H and O–H groups in total. The summed E-state index contributed by atoms with van der Waals surface area (Å²) in [6, 6.07) is 0. The molecule has 0 bridgehead atoms. The summed E-state index contributed by atoms with van der Waals surface area (Å²) in [4.78, 5) is 4.53. The molecule has 0 aromatic heterocycles. The zero-order chi connectivity index (χ0) is 7.40. The van der Waals surface area contributed by atoms with E-state index in [4.69, 9.17) is 0 Å². The van der Waals surface area contributed by atoms with Crippen LogP contribution in [0.3, 0.4) is 0 Å². The lowest BCUT2D eigenvalue weighted by Gasteiger charge is -2.17. The number of unbranched alkanes of at least 4 members (excludes halogenated alkanes) is 1. The van der Waals surface area contributed by atoms with Gasteiger partial charge < -0.3 is 15.3 Å². The van der Waals surface area contributed by atoms with Crippen molar-refractivity contribution in [3.63, 3.8) is 0 Å². The van der Waals surface area contributed by atoms with Crippen molar-refractivity contribution >= 4 is 0 Å². The number of hydrogen-bond acceptors (Lipinski definition) is 2. The Morgan fingerprint density at radius 3 is 2.55 bits per heavy atom. The lowest BCUT2D eigenvalue weighted by Crippen LogP contribution is -2.23. The smallest absolute Gasteiger partial charge is 0.0890 e. The highest BCUT2D eigenvalue weighted by Crippen LogP contribution is 2.04. The van der Waals surface area contributed by atoms with Gasteiger partial charge in [-0.25, -0.2) is 0 Å². The van der Waals surface area contributed by atoms with E-state index in [9.17, 15) is 0 Å². The largest absolute Gasteiger partial charge is 0.412 e. The van der Waals surface area contributed by atoms with Crippen LogP contribution < -0.4 is 0 Å². The predicted octanol–water partition coefficient (Wildman–Crippen LogP) is 0.638. The molecule has 0 spiro atoms. The summed E-state index contributed by atoms with van der Waals surface area (Å²) < 4.78 is 0. The molecule has 0 unspecified atom stereocenters. The highest BCUT2D eigenvalue weighted by molar-refractivity contribution is 4.88. The van der Waals surface area contributed by atoms with Gasteiger partial charge in [0.25, 0.3) is 0 Å². The van der Waals surface area contributed by atoms with Crippen LogP contribution in [-0.2, 0) is 0 Å². The normalized spacial score (nSPS) is 15.5. The number of rotatable bonds is 3. The van der Waals surface area contributed by atoms with E-state index in [-0.39, 0.29) is 5.48 Å². The minimum Gasteiger partial charge on any atom is -0.412 e. The van der Waals surface area contributed by atoms with Crippen LogP contribution >= 0.6 is 0 Å². The lowest BCUT2D eigenvalue weighted by molar-refractivity contribution is 0.293. The van der Waals surface area contributed by atoms with Crippen molar-refractivity contribution in [2.45, 2.75) is 19.8 Å². The van der Waals surface area contributed by atoms with Gasteiger partial charge in [0, 0.05) is 26.0 Å². The van der Waals surface area contributed by atoms with E-state index in [1.54, 1.807) is 0 Å². The molecule has 0 saturated heterocycles. The van der Waals surface area contributed by atoms with Gasteiger partial charge in [0.2, 0.25) is 0 Å². The molecule has 0 aliphatic carbocycles. The van der Waals surface area contributed by atoms with Gasteiger partial charge in [-0.1, -0.05) is 13.3 Å². The van der Waals surface area contributed by atoms with E-state index < -0.39 is 0 Å². The Morgan fingerprint density at radius 2 is 2.09 bits per heavy atom. The van der Waals surface area contributed by atoms with E-state index in [0.717, 1.165) is 6.67 Å². The molecule has 1 rings (SSSR count). The summed E-state index contributed by atoms with van der Waals surface area (Å²) in [5, 5.41) is 0. The summed E-state index contributed by atoms with van der Waals surface area (Å²) in [5.41, 5.74) is 0. The van der Waals surface area contributed by atoms with Gasteiger partial charge in [-0.3, -0.25) is 0 Å². The topological polar surface area (TPSA) is 38.0 Å². The molecule has 66 valence electrons. The van der Waals surface area contributed by atoms with E-state index in [0.29, 0.717) is 0 Å². The van der Waals surface area contributed by atoms with Gasteiger partial charge in [0.05, 0.1) is 6.67 Å². The van der Waals surface area contributed by atoms with Crippen molar-refractivity contribution in [3.8, 4) is 0 Å². The molecule has 0 radical (unpaired) electrons. The van der Waals surface area contributed by atoms with Crippen LogP contribution in [-0.4, -0.2) is 35.5 Å². The second-order valence-electron chi connectivity index (χ2n) is 2.86. The zero-order valence-electron chi connectivity index (χ0n) is 7.38. The van der Waals surface area contributed by atoms with Crippen LogP contribution in [0.5, 0.6) is 0 Å². The maximum Gasteiger partial charge on any atom is 0.0890 e. The molecular weight excluding hydrogens is 140 g/mol. The van der Waals surface area contributed by atoms with Gasteiger partial charge in [-0.15, -0.1) is 0 Å². The van der Waals surface area contributed by atoms with Crippen LogP contribution in [0.2, 0.25) is 0 Å². The minimum absolute atomic E-state index is 0. The van der Waals surface area contributed by atoms with Crippen LogP contribution in [0.1, 0.15) is 19.8 Å². The average Bonchev–Trinajstić information content (AvgIpc) is 2.31. The fourth-order valence-corrected chi connectivity index (χ4v) is 1.10. The van der Waals surface area contributed by atoms with Crippen molar-refractivity contribution < 1.29 is 5.48 Å². The summed E-state index contributed by atoms with van der Waals surface area (Å²) in [6.45, 7) is 4.50. The molecular formula is C8H18N2O. The van der Waals surface area contributed by atoms with Crippen molar-refractivity contribution in [3.05, 3.63) is 12.4 Å². The first-order valence-electron chi connectivity index (χ1n) is 3.95. The quantitative estimate of drug-likeness (QED) is 0.604. The summed E-state index contributed by atoms with van der Waals surface area (Å²) in [5.74, 6) is 0. The Balaban J connectivity index is 0.000001000. The SMILES string of the molecule is CCCCN1C=CN(C)C1.O. The van der Waals surface area contributed by atoms with E-state index in [1.165, 1.54) is 19.4 Å². The number of hydrogen-bond donors (Lipinski definition) is 0. The zero-order valence-corrected chi connectivity index (χ0v) is 7.38. The van der Waals surface area contributed by atoms with Gasteiger partial charge in [0.1, 0.15) is 0 Å². The lowest BCUT2D eigenvalue weighted by atomic mass is 10.3. The molecule has 0 fully saturated rings. The van der Waals surface area contributed by atoms with Crippen molar-refractivity contribution in [2.24, 2.45) is 0 Å². The van der Waals surface area contributed by atoms with Crippen molar-refractivity contribution in [2.75, 3.05) is 20.3 Å². The Hall–Kier alpha value is -0.700. The molecule has 1 aliphatic rings. The average molecular weight is 158 g/mol. The fraction of sp³-hybridized carbons (Fsp3) is 0.750. The fourth-order valence-electron chi connectivity index (χ4n) is 1.10. The summed E-state index contributed by atoms with van der Waals surface area (Å²) >= 11 is 0. The van der Waals surface area contributed by atoms with Crippen molar-refractivity contribution in [1.29, 1.82) is 0 Å². The van der Waals surface area contributed by atoms with E-state index in [1.807, 2.05) is 0 Å². The Labute approximate surface area is 68.6 Å².